The van der Waals surface area contributed by atoms with Crippen LogP contribution in [-0.2, 0) is 4.79 Å². The number of aryl methyl sites for hydroxylation is 1. The smallest absolute Gasteiger partial charge is 0.223 e. The molecule has 0 atom stereocenters. The molecule has 0 bridgehead atoms. The minimum atomic E-state index is 0.148. The highest BCUT2D eigenvalue weighted by Gasteiger charge is 2.29. The Bertz CT molecular complexity index is 510. The van der Waals surface area contributed by atoms with Gasteiger partial charge in [0.1, 0.15) is 18.2 Å². The van der Waals surface area contributed by atoms with E-state index in [1.807, 2.05) is 13.0 Å². The van der Waals surface area contributed by atoms with Gasteiger partial charge < -0.3 is 15.0 Å². The van der Waals surface area contributed by atoms with Gasteiger partial charge in [0.2, 0.25) is 11.8 Å². The number of carbonyl (C=O) groups excluding carboxylic acids is 1. The molecule has 3 rings (SSSR count). The molecule has 1 aliphatic carbocycles. The largest absolute Gasteiger partial charge is 0.476 e. The molecule has 1 aromatic heterocycles. The lowest BCUT2D eigenvalue weighted by atomic mass is 10.4. The number of amides is 1. The van der Waals surface area contributed by atoms with Crippen molar-refractivity contribution in [1.29, 1.82) is 0 Å². The SMILES string of the molecule is Cc1nc(OCCNC(=O)C2CC2)cc(N2CCCC2)n1. The van der Waals surface area contributed by atoms with Crippen LogP contribution in [0.15, 0.2) is 6.07 Å². The number of hydrogen-bond donors (Lipinski definition) is 1. The molecule has 6 heteroatoms. The van der Waals surface area contributed by atoms with E-state index in [-0.39, 0.29) is 11.8 Å². The first-order valence-electron chi connectivity index (χ1n) is 7.73. The van der Waals surface area contributed by atoms with E-state index >= 15 is 0 Å². The second kappa shape index (κ2) is 6.28. The van der Waals surface area contributed by atoms with Crippen LogP contribution in [0.2, 0.25) is 0 Å². The third-order valence-corrected chi connectivity index (χ3v) is 3.83. The zero-order valence-electron chi connectivity index (χ0n) is 12.5. The normalized spacial score (nSPS) is 17.9. The van der Waals surface area contributed by atoms with Gasteiger partial charge in [-0.25, -0.2) is 4.98 Å². The lowest BCUT2D eigenvalue weighted by Crippen LogP contribution is -2.29. The Morgan fingerprint density at radius 3 is 2.86 bits per heavy atom. The number of hydrogen-bond acceptors (Lipinski definition) is 5. The van der Waals surface area contributed by atoms with Crippen molar-refractivity contribution in [1.82, 2.24) is 15.3 Å². The maximum Gasteiger partial charge on any atom is 0.223 e. The molecule has 21 heavy (non-hydrogen) atoms. The molecule has 6 nitrogen and oxygen atoms in total. The van der Waals surface area contributed by atoms with Gasteiger partial charge in [-0.2, -0.15) is 4.98 Å². The average Bonchev–Trinajstić information content (AvgIpc) is 3.17. The minimum Gasteiger partial charge on any atom is -0.476 e. The van der Waals surface area contributed by atoms with Crippen LogP contribution in [0.5, 0.6) is 5.88 Å². The Labute approximate surface area is 124 Å². The summed E-state index contributed by atoms with van der Waals surface area (Å²) in [6, 6.07) is 1.89. The zero-order valence-corrected chi connectivity index (χ0v) is 12.5. The molecular weight excluding hydrogens is 268 g/mol. The lowest BCUT2D eigenvalue weighted by molar-refractivity contribution is -0.122. The van der Waals surface area contributed by atoms with Crippen LogP contribution < -0.4 is 15.0 Å². The molecule has 1 saturated heterocycles. The van der Waals surface area contributed by atoms with Crippen LogP contribution in [0.1, 0.15) is 31.5 Å². The van der Waals surface area contributed by atoms with E-state index in [1.54, 1.807) is 0 Å². The van der Waals surface area contributed by atoms with Gasteiger partial charge in [0.25, 0.3) is 0 Å². The topological polar surface area (TPSA) is 67.3 Å². The number of aromatic nitrogens is 2. The van der Waals surface area contributed by atoms with Crippen LogP contribution in [0.25, 0.3) is 0 Å². The maximum atomic E-state index is 11.5. The molecular formula is C15H22N4O2. The first kappa shape index (κ1) is 14.1. The van der Waals surface area contributed by atoms with E-state index in [0.29, 0.717) is 19.0 Å². The third-order valence-electron chi connectivity index (χ3n) is 3.83. The van der Waals surface area contributed by atoms with Crippen molar-refractivity contribution in [3.05, 3.63) is 11.9 Å². The Balaban J connectivity index is 1.50. The van der Waals surface area contributed by atoms with Crippen molar-refractivity contribution >= 4 is 11.7 Å². The monoisotopic (exact) mass is 290 g/mol. The first-order chi connectivity index (χ1) is 10.2. The van der Waals surface area contributed by atoms with Crippen LogP contribution in [0.4, 0.5) is 5.82 Å². The average molecular weight is 290 g/mol. The summed E-state index contributed by atoms with van der Waals surface area (Å²) in [6.07, 6.45) is 4.48. The second-order valence-electron chi connectivity index (χ2n) is 5.72. The van der Waals surface area contributed by atoms with Gasteiger partial charge in [0.05, 0.1) is 6.54 Å². The van der Waals surface area contributed by atoms with Crippen molar-refractivity contribution < 1.29 is 9.53 Å². The summed E-state index contributed by atoms with van der Waals surface area (Å²) >= 11 is 0. The third kappa shape index (κ3) is 3.83. The lowest BCUT2D eigenvalue weighted by Gasteiger charge is -2.17. The molecule has 0 radical (unpaired) electrons. The van der Waals surface area contributed by atoms with Crippen LogP contribution in [0, 0.1) is 12.8 Å². The van der Waals surface area contributed by atoms with E-state index in [9.17, 15) is 4.79 Å². The van der Waals surface area contributed by atoms with Crippen molar-refractivity contribution in [2.45, 2.75) is 32.6 Å². The maximum absolute atomic E-state index is 11.5. The second-order valence-corrected chi connectivity index (χ2v) is 5.72. The fraction of sp³-hybridized carbons (Fsp3) is 0.667. The highest BCUT2D eigenvalue weighted by atomic mass is 16.5. The van der Waals surface area contributed by atoms with E-state index in [1.165, 1.54) is 12.8 Å². The zero-order chi connectivity index (χ0) is 14.7. The first-order valence-corrected chi connectivity index (χ1v) is 7.73. The predicted octanol–water partition coefficient (Wildman–Crippen LogP) is 1.29. The highest BCUT2D eigenvalue weighted by molar-refractivity contribution is 5.80. The van der Waals surface area contributed by atoms with Gasteiger partial charge >= 0.3 is 0 Å². The van der Waals surface area contributed by atoms with Crippen molar-refractivity contribution in [2.75, 3.05) is 31.1 Å². The number of ether oxygens (including phenoxy) is 1. The summed E-state index contributed by atoms with van der Waals surface area (Å²) in [5.41, 5.74) is 0. The Hall–Kier alpha value is -1.85. The summed E-state index contributed by atoms with van der Waals surface area (Å²) < 4.78 is 5.65. The molecule has 2 heterocycles. The number of anilines is 1. The number of nitrogens with one attached hydrogen (secondary N) is 1. The molecule has 1 amide bonds. The van der Waals surface area contributed by atoms with Gasteiger partial charge in [0, 0.05) is 25.1 Å². The Kier molecular flexibility index (Phi) is 4.22. The van der Waals surface area contributed by atoms with Gasteiger partial charge in [-0.1, -0.05) is 0 Å². The summed E-state index contributed by atoms with van der Waals surface area (Å²) in [4.78, 5) is 22.5. The molecule has 1 aliphatic heterocycles. The Morgan fingerprint density at radius 1 is 1.38 bits per heavy atom. The van der Waals surface area contributed by atoms with Crippen molar-refractivity contribution in [3.8, 4) is 5.88 Å². The van der Waals surface area contributed by atoms with E-state index in [4.69, 9.17) is 4.74 Å². The summed E-state index contributed by atoms with van der Waals surface area (Å²) in [5, 5.41) is 2.88. The standard InChI is InChI=1S/C15H22N4O2/c1-11-17-13(19-7-2-3-8-19)10-14(18-11)21-9-6-16-15(20)12-4-5-12/h10,12H,2-9H2,1H3,(H,16,20). The van der Waals surface area contributed by atoms with Crippen LogP contribution >= 0.6 is 0 Å². The van der Waals surface area contributed by atoms with Gasteiger partial charge in [-0.05, 0) is 32.6 Å². The predicted molar refractivity (Wildman–Crippen MR) is 79.4 cm³/mol. The fourth-order valence-electron chi connectivity index (χ4n) is 2.53. The molecule has 0 unspecified atom stereocenters. The number of carbonyl (C=O) groups is 1. The van der Waals surface area contributed by atoms with Gasteiger partial charge in [0.15, 0.2) is 0 Å². The molecule has 0 aromatic carbocycles. The van der Waals surface area contributed by atoms with Gasteiger partial charge in [-0.3, -0.25) is 4.79 Å². The van der Waals surface area contributed by atoms with Crippen molar-refractivity contribution in [2.24, 2.45) is 5.92 Å². The van der Waals surface area contributed by atoms with Crippen molar-refractivity contribution in [3.63, 3.8) is 0 Å². The Morgan fingerprint density at radius 2 is 2.14 bits per heavy atom. The van der Waals surface area contributed by atoms with E-state index < -0.39 is 0 Å². The summed E-state index contributed by atoms with van der Waals surface area (Å²) in [6.45, 7) is 4.94. The van der Waals surface area contributed by atoms with Crippen LogP contribution in [-0.4, -0.2) is 42.1 Å². The quantitative estimate of drug-likeness (QED) is 0.800. The molecule has 0 spiro atoms. The van der Waals surface area contributed by atoms with E-state index in [0.717, 1.165) is 37.6 Å². The fourth-order valence-corrected chi connectivity index (χ4v) is 2.53. The minimum absolute atomic E-state index is 0.148. The van der Waals surface area contributed by atoms with Gasteiger partial charge in [-0.15, -0.1) is 0 Å². The molecule has 1 aromatic rings. The summed E-state index contributed by atoms with van der Waals surface area (Å²) in [7, 11) is 0. The van der Waals surface area contributed by atoms with Crippen LogP contribution in [0.3, 0.4) is 0 Å². The molecule has 1 N–H and O–H groups in total. The highest BCUT2D eigenvalue weighted by Crippen LogP contribution is 2.28. The number of nitrogens with zero attached hydrogens (tertiary/aromatic N) is 3. The molecule has 2 fully saturated rings. The number of rotatable bonds is 6. The molecule has 114 valence electrons. The molecule has 1 saturated carbocycles. The van der Waals surface area contributed by atoms with E-state index in [2.05, 4.69) is 20.2 Å². The molecule has 2 aliphatic rings. The summed E-state index contributed by atoms with van der Waals surface area (Å²) in [5.74, 6) is 2.64.